The number of aliphatic hydroxyl groups is 1. The topological polar surface area (TPSA) is 66.4 Å². The van der Waals surface area contributed by atoms with Gasteiger partial charge >= 0.3 is 0 Å². The summed E-state index contributed by atoms with van der Waals surface area (Å²) in [7, 11) is 0. The zero-order valence-corrected chi connectivity index (χ0v) is 18.6. The summed E-state index contributed by atoms with van der Waals surface area (Å²) in [5.74, 6) is 0. The Balaban J connectivity index is 2.84. The van der Waals surface area contributed by atoms with Crippen molar-refractivity contribution in [3.05, 3.63) is 0 Å². The molecule has 168 valence electrons. The quantitative estimate of drug-likeness (QED) is 0.369. The first-order chi connectivity index (χ1) is 13.7. The van der Waals surface area contributed by atoms with Gasteiger partial charge in [-0.15, -0.1) is 0 Å². The van der Waals surface area contributed by atoms with E-state index < -0.39 is 12.4 Å². The van der Waals surface area contributed by atoms with Gasteiger partial charge in [0.25, 0.3) is 0 Å². The molecule has 0 spiro atoms. The summed E-state index contributed by atoms with van der Waals surface area (Å²) in [6.45, 7) is 11.5. The molecule has 1 aliphatic heterocycles. The Morgan fingerprint density at radius 3 is 1.64 bits per heavy atom. The van der Waals surface area contributed by atoms with E-state index in [-0.39, 0.29) is 18.3 Å². The molecule has 0 aliphatic carbocycles. The number of unbranched alkanes of at least 4 members (excludes halogenated alkanes) is 4. The van der Waals surface area contributed by atoms with E-state index in [9.17, 15) is 5.11 Å². The van der Waals surface area contributed by atoms with Crippen molar-refractivity contribution in [2.75, 3.05) is 33.0 Å². The summed E-state index contributed by atoms with van der Waals surface area (Å²) in [5, 5.41) is 10.6. The summed E-state index contributed by atoms with van der Waals surface area (Å²) in [4.78, 5) is 0. The smallest absolute Gasteiger partial charge is 0.184 e. The molecule has 1 rings (SSSR count). The number of rotatable bonds is 17. The van der Waals surface area contributed by atoms with E-state index in [4.69, 9.17) is 23.7 Å². The highest BCUT2D eigenvalue weighted by Gasteiger charge is 2.47. The molecule has 0 radical (unpaired) electrons. The summed E-state index contributed by atoms with van der Waals surface area (Å²) in [6.07, 6.45) is 5.53. The summed E-state index contributed by atoms with van der Waals surface area (Å²) < 4.78 is 30.1. The lowest BCUT2D eigenvalue weighted by Gasteiger charge is -2.44. The Labute approximate surface area is 172 Å². The Morgan fingerprint density at radius 2 is 1.11 bits per heavy atom. The standard InChI is InChI=1S/C22H44O6/c1-5-9-13-24-17-18-19(25-14-10-6-2)20(26-15-11-7-3)21(22(23)28-18)27-16-12-8-4/h18-23H,5-17H2,1-4H3/t18-,19-,20+,21-,22?/m1/s1. The van der Waals surface area contributed by atoms with Crippen molar-refractivity contribution in [2.24, 2.45) is 0 Å². The lowest BCUT2D eigenvalue weighted by molar-refractivity contribution is -0.312. The fourth-order valence-corrected chi connectivity index (χ4v) is 3.13. The largest absolute Gasteiger partial charge is 0.379 e. The number of ether oxygens (including phenoxy) is 5. The molecule has 1 aliphatic rings. The molecule has 0 aromatic rings. The second-order valence-electron chi connectivity index (χ2n) is 7.56. The summed E-state index contributed by atoms with van der Waals surface area (Å²) >= 11 is 0. The van der Waals surface area contributed by atoms with Crippen LogP contribution in [0.3, 0.4) is 0 Å². The van der Waals surface area contributed by atoms with E-state index in [0.717, 1.165) is 51.4 Å². The molecular formula is C22H44O6. The fraction of sp³-hybridized carbons (Fsp3) is 1.00. The zero-order chi connectivity index (χ0) is 20.6. The second kappa shape index (κ2) is 16.5. The number of aliphatic hydroxyl groups excluding tert-OH is 1. The zero-order valence-electron chi connectivity index (χ0n) is 18.6. The van der Waals surface area contributed by atoms with Gasteiger partial charge in [-0.3, -0.25) is 0 Å². The highest BCUT2D eigenvalue weighted by atomic mass is 16.7. The van der Waals surface area contributed by atoms with Crippen LogP contribution in [-0.2, 0) is 23.7 Å². The van der Waals surface area contributed by atoms with Gasteiger partial charge in [0.2, 0.25) is 0 Å². The van der Waals surface area contributed by atoms with Crippen LogP contribution in [0, 0.1) is 0 Å². The number of hydrogen-bond donors (Lipinski definition) is 1. The Bertz CT molecular complexity index is 354. The van der Waals surface area contributed by atoms with E-state index in [1.807, 2.05) is 0 Å². The molecule has 0 aromatic carbocycles. The third-order valence-electron chi connectivity index (χ3n) is 4.96. The lowest BCUT2D eigenvalue weighted by Crippen LogP contribution is -2.61. The minimum atomic E-state index is -1.03. The van der Waals surface area contributed by atoms with Crippen LogP contribution in [0.5, 0.6) is 0 Å². The van der Waals surface area contributed by atoms with Crippen molar-refractivity contribution in [1.29, 1.82) is 0 Å². The van der Waals surface area contributed by atoms with Crippen LogP contribution in [0.1, 0.15) is 79.1 Å². The number of hydrogen-bond acceptors (Lipinski definition) is 6. The predicted molar refractivity (Wildman–Crippen MR) is 111 cm³/mol. The Kier molecular flexibility index (Phi) is 15.2. The van der Waals surface area contributed by atoms with Gasteiger partial charge < -0.3 is 28.8 Å². The van der Waals surface area contributed by atoms with E-state index in [2.05, 4.69) is 27.7 Å². The van der Waals surface area contributed by atoms with Crippen molar-refractivity contribution < 1.29 is 28.8 Å². The van der Waals surface area contributed by atoms with E-state index in [1.165, 1.54) is 0 Å². The van der Waals surface area contributed by atoms with Gasteiger partial charge in [0, 0.05) is 26.4 Å². The molecular weight excluding hydrogens is 360 g/mol. The molecule has 1 fully saturated rings. The van der Waals surface area contributed by atoms with Crippen molar-refractivity contribution >= 4 is 0 Å². The van der Waals surface area contributed by atoms with Crippen molar-refractivity contribution in [2.45, 2.75) is 110 Å². The lowest BCUT2D eigenvalue weighted by atomic mass is 9.98. The average molecular weight is 405 g/mol. The monoisotopic (exact) mass is 404 g/mol. The molecule has 5 atom stereocenters. The predicted octanol–water partition coefficient (Wildman–Crippen LogP) is 4.08. The van der Waals surface area contributed by atoms with Crippen LogP contribution >= 0.6 is 0 Å². The van der Waals surface area contributed by atoms with Crippen LogP contribution in [0.15, 0.2) is 0 Å². The third-order valence-corrected chi connectivity index (χ3v) is 4.96. The van der Waals surface area contributed by atoms with Gasteiger partial charge in [-0.2, -0.15) is 0 Å². The third kappa shape index (κ3) is 9.51. The maximum absolute atomic E-state index is 10.6. The van der Waals surface area contributed by atoms with Crippen LogP contribution in [0.2, 0.25) is 0 Å². The highest BCUT2D eigenvalue weighted by Crippen LogP contribution is 2.28. The van der Waals surface area contributed by atoms with Crippen LogP contribution in [-0.4, -0.2) is 68.8 Å². The molecule has 0 aromatic heterocycles. The fourth-order valence-electron chi connectivity index (χ4n) is 3.13. The molecule has 0 amide bonds. The maximum atomic E-state index is 10.6. The minimum Gasteiger partial charge on any atom is -0.379 e. The van der Waals surface area contributed by atoms with Gasteiger partial charge in [-0.25, -0.2) is 0 Å². The van der Waals surface area contributed by atoms with Gasteiger partial charge in [-0.1, -0.05) is 53.4 Å². The molecule has 1 unspecified atom stereocenters. The van der Waals surface area contributed by atoms with Crippen molar-refractivity contribution in [3.8, 4) is 0 Å². The van der Waals surface area contributed by atoms with Gasteiger partial charge in [0.15, 0.2) is 6.29 Å². The molecule has 6 nitrogen and oxygen atoms in total. The second-order valence-corrected chi connectivity index (χ2v) is 7.56. The molecule has 6 heteroatoms. The first-order valence-electron chi connectivity index (χ1n) is 11.5. The Hall–Kier alpha value is -0.240. The first kappa shape index (κ1) is 25.8. The van der Waals surface area contributed by atoms with E-state index in [1.54, 1.807) is 0 Å². The normalized spacial score (nSPS) is 28.0. The van der Waals surface area contributed by atoms with Crippen molar-refractivity contribution in [3.63, 3.8) is 0 Å². The summed E-state index contributed by atoms with van der Waals surface area (Å²) in [5.41, 5.74) is 0. The SMILES string of the molecule is CCCCOC[C@H]1OC(O)[C@H](OCCCC)[C@@H](OCCCC)[C@@H]1OCCCC. The maximum Gasteiger partial charge on any atom is 0.184 e. The molecule has 1 heterocycles. The average Bonchev–Trinajstić information content (AvgIpc) is 2.69. The van der Waals surface area contributed by atoms with Crippen LogP contribution in [0.25, 0.3) is 0 Å². The minimum absolute atomic E-state index is 0.306. The van der Waals surface area contributed by atoms with Gasteiger partial charge in [0.1, 0.15) is 24.4 Å². The molecule has 1 saturated heterocycles. The Morgan fingerprint density at radius 1 is 0.643 bits per heavy atom. The van der Waals surface area contributed by atoms with Crippen LogP contribution in [0.4, 0.5) is 0 Å². The van der Waals surface area contributed by atoms with Crippen LogP contribution < -0.4 is 0 Å². The van der Waals surface area contributed by atoms with Crippen molar-refractivity contribution in [1.82, 2.24) is 0 Å². The molecule has 1 N–H and O–H groups in total. The molecule has 0 saturated carbocycles. The first-order valence-corrected chi connectivity index (χ1v) is 11.5. The van der Waals surface area contributed by atoms with E-state index >= 15 is 0 Å². The highest BCUT2D eigenvalue weighted by molar-refractivity contribution is 4.92. The van der Waals surface area contributed by atoms with Gasteiger partial charge in [-0.05, 0) is 25.7 Å². The molecule has 28 heavy (non-hydrogen) atoms. The van der Waals surface area contributed by atoms with E-state index in [0.29, 0.717) is 33.0 Å². The summed E-state index contributed by atoms with van der Waals surface area (Å²) in [6, 6.07) is 0. The molecule has 0 bridgehead atoms. The van der Waals surface area contributed by atoms with Gasteiger partial charge in [0.05, 0.1) is 6.61 Å².